The summed E-state index contributed by atoms with van der Waals surface area (Å²) in [6.45, 7) is 17.3. The van der Waals surface area contributed by atoms with Gasteiger partial charge in [-0.15, -0.1) is 0 Å². The molecule has 0 aromatic rings. The molecule has 0 bridgehead atoms. The Morgan fingerprint density at radius 3 is 1.86 bits per heavy atom. The quantitative estimate of drug-likeness (QED) is 0.654. The van der Waals surface area contributed by atoms with Crippen LogP contribution in [-0.2, 0) is 0 Å². The molecule has 1 saturated heterocycles. The van der Waals surface area contributed by atoms with Gasteiger partial charge in [-0.25, -0.2) is 0 Å². The van der Waals surface area contributed by atoms with Gasteiger partial charge in [-0.1, -0.05) is 41.5 Å². The Labute approximate surface area is 90.9 Å². The van der Waals surface area contributed by atoms with Crippen LogP contribution in [0.25, 0.3) is 0 Å². The zero-order valence-electron chi connectivity index (χ0n) is 11.1. The molecule has 0 amide bonds. The van der Waals surface area contributed by atoms with E-state index < -0.39 is 0 Å². The molecule has 1 heteroatoms. The van der Waals surface area contributed by atoms with Crippen molar-refractivity contribution in [2.24, 2.45) is 11.3 Å². The molecule has 0 aliphatic carbocycles. The van der Waals surface area contributed by atoms with Crippen molar-refractivity contribution >= 4 is 0 Å². The molecule has 1 nitrogen and oxygen atoms in total. The molecule has 0 aromatic heterocycles. The molecule has 0 N–H and O–H groups in total. The molecule has 14 heavy (non-hydrogen) atoms. The zero-order chi connectivity index (χ0) is 11.2. The van der Waals surface area contributed by atoms with Crippen LogP contribution in [0, 0.1) is 11.3 Å². The van der Waals surface area contributed by atoms with Crippen LogP contribution in [-0.4, -0.2) is 24.5 Å². The highest BCUT2D eigenvalue weighted by atomic mass is 15.1. The summed E-state index contributed by atoms with van der Waals surface area (Å²) in [6.07, 6.45) is 2.75. The van der Waals surface area contributed by atoms with Crippen LogP contribution in [0.1, 0.15) is 54.4 Å². The van der Waals surface area contributed by atoms with Crippen LogP contribution in [0.3, 0.4) is 0 Å². The van der Waals surface area contributed by atoms with Crippen molar-refractivity contribution in [2.45, 2.75) is 54.4 Å². The second-order valence-electron chi connectivity index (χ2n) is 5.36. The lowest BCUT2D eigenvalue weighted by Crippen LogP contribution is -2.39. The smallest absolute Gasteiger partial charge is 0.000439 e. The van der Waals surface area contributed by atoms with Gasteiger partial charge in [-0.2, -0.15) is 0 Å². The number of likely N-dealkylation sites (tertiary alicyclic amines) is 1. The van der Waals surface area contributed by atoms with E-state index in [0.29, 0.717) is 5.41 Å². The third kappa shape index (κ3) is 5.64. The lowest BCUT2D eigenvalue weighted by molar-refractivity contribution is 0.122. The summed E-state index contributed by atoms with van der Waals surface area (Å²) < 4.78 is 0. The second-order valence-corrected chi connectivity index (χ2v) is 5.36. The van der Waals surface area contributed by atoms with Crippen LogP contribution in [0.5, 0.6) is 0 Å². The van der Waals surface area contributed by atoms with Gasteiger partial charge in [0.05, 0.1) is 0 Å². The molecular weight excluding hydrogens is 170 g/mol. The number of piperidine rings is 1. The van der Waals surface area contributed by atoms with Crippen molar-refractivity contribution < 1.29 is 0 Å². The maximum absolute atomic E-state index is 2.61. The van der Waals surface area contributed by atoms with Gasteiger partial charge in [-0.05, 0) is 37.3 Å². The highest BCUT2D eigenvalue weighted by molar-refractivity contribution is 4.78. The minimum absolute atomic E-state index is 0.605. The molecule has 0 atom stereocenters. The highest BCUT2D eigenvalue weighted by Crippen LogP contribution is 2.29. The first kappa shape index (κ1) is 14.0. The monoisotopic (exact) mass is 199 g/mol. The standard InChI is InChI=1S/C11H23N.C2H6/c1-10(2)9-12-7-5-11(3,4)6-8-12;1-2/h10H,5-9H2,1-4H3;1-2H3. The Morgan fingerprint density at radius 2 is 1.50 bits per heavy atom. The maximum atomic E-state index is 2.61. The fourth-order valence-electron chi connectivity index (χ4n) is 1.86. The third-order valence-electron chi connectivity index (χ3n) is 2.83. The SMILES string of the molecule is CC.CC(C)CN1CCC(C)(C)CC1. The van der Waals surface area contributed by atoms with Crippen molar-refractivity contribution in [3.8, 4) is 0 Å². The normalized spacial score (nSPS) is 21.6. The van der Waals surface area contributed by atoms with Crippen molar-refractivity contribution in [2.75, 3.05) is 19.6 Å². The minimum atomic E-state index is 0.605. The number of hydrogen-bond donors (Lipinski definition) is 0. The summed E-state index contributed by atoms with van der Waals surface area (Å²) in [7, 11) is 0. The molecule has 1 fully saturated rings. The second kappa shape index (κ2) is 6.44. The fourth-order valence-corrected chi connectivity index (χ4v) is 1.86. The van der Waals surface area contributed by atoms with E-state index in [1.807, 2.05) is 13.8 Å². The maximum Gasteiger partial charge on any atom is 0.000439 e. The van der Waals surface area contributed by atoms with Crippen molar-refractivity contribution in [1.29, 1.82) is 0 Å². The van der Waals surface area contributed by atoms with E-state index in [2.05, 4.69) is 32.6 Å². The highest BCUT2D eigenvalue weighted by Gasteiger charge is 2.25. The molecular formula is C13H29N. The third-order valence-corrected chi connectivity index (χ3v) is 2.83. The average Bonchev–Trinajstić information content (AvgIpc) is 2.12. The van der Waals surface area contributed by atoms with Gasteiger partial charge in [0.1, 0.15) is 0 Å². The number of hydrogen-bond acceptors (Lipinski definition) is 1. The van der Waals surface area contributed by atoms with Crippen molar-refractivity contribution in [3.05, 3.63) is 0 Å². The average molecular weight is 199 g/mol. The Bertz CT molecular complexity index is 128. The predicted molar refractivity (Wildman–Crippen MR) is 65.6 cm³/mol. The van der Waals surface area contributed by atoms with E-state index in [4.69, 9.17) is 0 Å². The molecule has 0 radical (unpaired) electrons. The van der Waals surface area contributed by atoms with Crippen LogP contribution in [0.4, 0.5) is 0 Å². The Hall–Kier alpha value is -0.0400. The summed E-state index contributed by atoms with van der Waals surface area (Å²) in [5.74, 6) is 0.825. The van der Waals surface area contributed by atoms with Crippen molar-refractivity contribution in [3.63, 3.8) is 0 Å². The molecule has 86 valence electrons. The molecule has 0 unspecified atom stereocenters. The molecule has 0 saturated carbocycles. The first-order valence-corrected chi connectivity index (χ1v) is 6.22. The summed E-state index contributed by atoms with van der Waals surface area (Å²) >= 11 is 0. The number of rotatable bonds is 2. The van der Waals surface area contributed by atoms with Crippen molar-refractivity contribution in [1.82, 2.24) is 4.90 Å². The van der Waals surface area contributed by atoms with Gasteiger partial charge in [0.2, 0.25) is 0 Å². The number of nitrogens with zero attached hydrogens (tertiary/aromatic N) is 1. The molecule has 1 heterocycles. The van der Waals surface area contributed by atoms with E-state index in [9.17, 15) is 0 Å². The summed E-state index contributed by atoms with van der Waals surface area (Å²) in [4.78, 5) is 2.61. The molecule has 1 rings (SSSR count). The van der Waals surface area contributed by atoms with Gasteiger partial charge in [0.15, 0.2) is 0 Å². The predicted octanol–water partition coefficient (Wildman–Crippen LogP) is 3.79. The van der Waals surface area contributed by atoms with Gasteiger partial charge in [-0.3, -0.25) is 0 Å². The minimum Gasteiger partial charge on any atom is -0.303 e. The van der Waals surface area contributed by atoms with Gasteiger partial charge in [0.25, 0.3) is 0 Å². The fraction of sp³-hybridized carbons (Fsp3) is 1.00. The molecule has 0 spiro atoms. The molecule has 1 aliphatic heterocycles. The summed E-state index contributed by atoms with van der Waals surface area (Å²) in [6, 6.07) is 0. The van der Waals surface area contributed by atoms with Crippen LogP contribution in [0.15, 0.2) is 0 Å². The van der Waals surface area contributed by atoms with Crippen LogP contribution < -0.4 is 0 Å². The topological polar surface area (TPSA) is 3.24 Å². The first-order valence-electron chi connectivity index (χ1n) is 6.22. The van der Waals surface area contributed by atoms with E-state index in [-0.39, 0.29) is 0 Å². The Balaban J connectivity index is 0.000000791. The van der Waals surface area contributed by atoms with E-state index in [0.717, 1.165) is 5.92 Å². The van der Waals surface area contributed by atoms with E-state index in [1.54, 1.807) is 0 Å². The van der Waals surface area contributed by atoms with Gasteiger partial charge in [0, 0.05) is 6.54 Å². The van der Waals surface area contributed by atoms with Gasteiger partial charge >= 0.3 is 0 Å². The van der Waals surface area contributed by atoms with Crippen LogP contribution in [0.2, 0.25) is 0 Å². The largest absolute Gasteiger partial charge is 0.303 e. The molecule has 0 aromatic carbocycles. The summed E-state index contributed by atoms with van der Waals surface area (Å²) in [5, 5.41) is 0. The van der Waals surface area contributed by atoms with Crippen LogP contribution >= 0.6 is 0 Å². The zero-order valence-corrected chi connectivity index (χ0v) is 11.1. The lowest BCUT2D eigenvalue weighted by atomic mass is 9.82. The Kier molecular flexibility index (Phi) is 6.43. The van der Waals surface area contributed by atoms with E-state index >= 15 is 0 Å². The van der Waals surface area contributed by atoms with E-state index in [1.165, 1.54) is 32.5 Å². The first-order chi connectivity index (χ1) is 6.49. The molecule has 1 aliphatic rings. The lowest BCUT2D eigenvalue weighted by Gasteiger charge is -2.37. The summed E-state index contributed by atoms with van der Waals surface area (Å²) in [5.41, 5.74) is 0.605. The van der Waals surface area contributed by atoms with Gasteiger partial charge < -0.3 is 4.90 Å². The Morgan fingerprint density at radius 1 is 1.07 bits per heavy atom.